The van der Waals surface area contributed by atoms with Gasteiger partial charge in [0.1, 0.15) is 5.82 Å². The molecule has 0 saturated heterocycles. The number of nitrogens with one attached hydrogen (secondary N) is 2. The smallest absolute Gasteiger partial charge is 0.309 e. The lowest BCUT2D eigenvalue weighted by Gasteiger charge is -2.16. The Morgan fingerprint density at radius 1 is 1.04 bits per heavy atom. The van der Waals surface area contributed by atoms with Gasteiger partial charge in [0, 0.05) is 13.1 Å². The summed E-state index contributed by atoms with van der Waals surface area (Å²) in [6, 6.07) is 15.0. The topological polar surface area (TPSA) is 86.8 Å². The predicted molar refractivity (Wildman–Crippen MR) is 106 cm³/mol. The van der Waals surface area contributed by atoms with Gasteiger partial charge in [-0.2, -0.15) is 0 Å². The highest BCUT2D eigenvalue weighted by molar-refractivity contribution is 5.77. The maximum Gasteiger partial charge on any atom is 0.326 e. The summed E-state index contributed by atoms with van der Waals surface area (Å²) in [6.07, 6.45) is 0.816. The van der Waals surface area contributed by atoms with Crippen molar-refractivity contribution in [3.05, 3.63) is 75.2 Å². The molecule has 0 bridgehead atoms. The van der Waals surface area contributed by atoms with Crippen LogP contribution in [-0.4, -0.2) is 38.0 Å². The fourth-order valence-electron chi connectivity index (χ4n) is 3.37. The Balaban J connectivity index is 1.41. The van der Waals surface area contributed by atoms with Crippen LogP contribution < -0.4 is 11.2 Å². The highest BCUT2D eigenvalue weighted by atomic mass is 16.1. The molecule has 0 amide bonds. The van der Waals surface area contributed by atoms with Crippen LogP contribution in [0.1, 0.15) is 12.2 Å². The number of rotatable bonds is 6. The van der Waals surface area contributed by atoms with Gasteiger partial charge in [-0.15, -0.1) is 0 Å². The van der Waals surface area contributed by atoms with Crippen LogP contribution in [0.3, 0.4) is 0 Å². The third kappa shape index (κ3) is 3.54. The predicted octanol–water partition coefficient (Wildman–Crippen LogP) is 2.09. The maximum atomic E-state index is 12.2. The van der Waals surface area contributed by atoms with Crippen molar-refractivity contribution in [2.45, 2.75) is 19.5 Å². The Morgan fingerprint density at radius 2 is 1.81 bits per heavy atom. The van der Waals surface area contributed by atoms with Gasteiger partial charge in [-0.1, -0.05) is 24.3 Å². The minimum Gasteiger partial charge on any atom is -0.309 e. The second-order valence-corrected chi connectivity index (χ2v) is 6.72. The van der Waals surface area contributed by atoms with Crippen LogP contribution in [-0.2, 0) is 13.1 Å². The third-order valence-electron chi connectivity index (χ3n) is 4.68. The van der Waals surface area contributed by atoms with E-state index in [9.17, 15) is 9.59 Å². The number of imidazole rings is 1. The first-order valence-corrected chi connectivity index (χ1v) is 8.96. The van der Waals surface area contributed by atoms with E-state index in [4.69, 9.17) is 0 Å². The average Bonchev–Trinajstić information content (AvgIpc) is 2.97. The highest BCUT2D eigenvalue weighted by Crippen LogP contribution is 2.10. The molecule has 2 aromatic heterocycles. The van der Waals surface area contributed by atoms with Crippen LogP contribution in [0.2, 0.25) is 0 Å². The van der Waals surface area contributed by atoms with Crippen LogP contribution in [0.15, 0.2) is 58.1 Å². The number of aryl methyl sites for hydroxylation is 1. The summed E-state index contributed by atoms with van der Waals surface area (Å²) < 4.78 is 1.76. The van der Waals surface area contributed by atoms with Crippen LogP contribution in [0, 0.1) is 0 Å². The maximum absolute atomic E-state index is 12.2. The molecule has 0 unspecified atom stereocenters. The molecule has 0 aliphatic rings. The normalized spacial score (nSPS) is 11.6. The van der Waals surface area contributed by atoms with E-state index < -0.39 is 0 Å². The molecule has 0 aliphatic carbocycles. The number of H-pyrrole nitrogens is 2. The summed E-state index contributed by atoms with van der Waals surface area (Å²) in [5.74, 6) is 0.644. The molecule has 7 heteroatoms. The first kappa shape index (κ1) is 17.2. The van der Waals surface area contributed by atoms with Crippen molar-refractivity contribution in [3.63, 3.8) is 0 Å². The number of fused-ring (bicyclic) bond motifs is 2. The van der Waals surface area contributed by atoms with E-state index >= 15 is 0 Å². The fourth-order valence-corrected chi connectivity index (χ4v) is 3.37. The molecule has 4 aromatic rings. The van der Waals surface area contributed by atoms with Crippen molar-refractivity contribution >= 4 is 21.9 Å². The Kier molecular flexibility index (Phi) is 4.60. The molecule has 0 spiro atoms. The molecule has 2 N–H and O–H groups in total. The molecule has 4 rings (SSSR count). The third-order valence-corrected chi connectivity index (χ3v) is 4.68. The molecule has 0 saturated carbocycles. The Hall–Kier alpha value is -3.19. The SMILES string of the molecule is CN(CCCn1c(=O)[nH]c2ccccc21)Cc1nc2ccccc2c(=O)[nH]1. The summed E-state index contributed by atoms with van der Waals surface area (Å²) in [4.78, 5) is 36.6. The summed E-state index contributed by atoms with van der Waals surface area (Å²) in [6.45, 7) is 1.96. The molecular formula is C20H21N5O2. The molecule has 2 heterocycles. The van der Waals surface area contributed by atoms with E-state index in [-0.39, 0.29) is 11.2 Å². The molecule has 0 radical (unpaired) electrons. The van der Waals surface area contributed by atoms with Crippen LogP contribution in [0.25, 0.3) is 21.9 Å². The van der Waals surface area contributed by atoms with E-state index in [0.29, 0.717) is 29.8 Å². The number of aromatic amines is 2. The lowest BCUT2D eigenvalue weighted by molar-refractivity contribution is 0.307. The number of hydrogen-bond donors (Lipinski definition) is 2. The van der Waals surface area contributed by atoms with E-state index in [0.717, 1.165) is 24.0 Å². The quantitative estimate of drug-likeness (QED) is 0.549. The van der Waals surface area contributed by atoms with E-state index in [2.05, 4.69) is 19.9 Å². The number of aromatic nitrogens is 4. The second-order valence-electron chi connectivity index (χ2n) is 6.72. The Bertz CT molecular complexity index is 1200. The van der Waals surface area contributed by atoms with Gasteiger partial charge < -0.3 is 9.97 Å². The van der Waals surface area contributed by atoms with Crippen molar-refractivity contribution in [3.8, 4) is 0 Å². The first-order chi connectivity index (χ1) is 13.1. The first-order valence-electron chi connectivity index (χ1n) is 8.96. The Labute approximate surface area is 155 Å². The lowest BCUT2D eigenvalue weighted by Crippen LogP contribution is -2.25. The van der Waals surface area contributed by atoms with Gasteiger partial charge in [0.05, 0.1) is 28.5 Å². The van der Waals surface area contributed by atoms with Crippen LogP contribution in [0.4, 0.5) is 0 Å². The van der Waals surface area contributed by atoms with Crippen molar-refractivity contribution in [2.24, 2.45) is 0 Å². The van der Waals surface area contributed by atoms with Crippen molar-refractivity contribution in [1.82, 2.24) is 24.4 Å². The zero-order valence-electron chi connectivity index (χ0n) is 15.1. The molecule has 0 aliphatic heterocycles. The van der Waals surface area contributed by atoms with Gasteiger partial charge in [0.2, 0.25) is 0 Å². The van der Waals surface area contributed by atoms with E-state index in [1.165, 1.54) is 0 Å². The summed E-state index contributed by atoms with van der Waals surface area (Å²) >= 11 is 0. The van der Waals surface area contributed by atoms with Gasteiger partial charge in [-0.3, -0.25) is 14.3 Å². The highest BCUT2D eigenvalue weighted by Gasteiger charge is 2.08. The average molecular weight is 363 g/mol. The summed E-state index contributed by atoms with van der Waals surface area (Å²) in [5, 5.41) is 0.600. The number of para-hydroxylation sites is 3. The van der Waals surface area contributed by atoms with Crippen molar-refractivity contribution in [1.29, 1.82) is 0 Å². The molecule has 0 fully saturated rings. The molecule has 0 atom stereocenters. The van der Waals surface area contributed by atoms with Gasteiger partial charge >= 0.3 is 5.69 Å². The van der Waals surface area contributed by atoms with Gasteiger partial charge in [-0.25, -0.2) is 9.78 Å². The van der Waals surface area contributed by atoms with Crippen LogP contribution >= 0.6 is 0 Å². The largest absolute Gasteiger partial charge is 0.326 e. The number of nitrogens with zero attached hydrogens (tertiary/aromatic N) is 3. The van der Waals surface area contributed by atoms with E-state index in [1.807, 2.05) is 49.5 Å². The number of benzene rings is 2. The molecule has 2 aromatic carbocycles. The molecule has 27 heavy (non-hydrogen) atoms. The van der Waals surface area contributed by atoms with Crippen molar-refractivity contribution in [2.75, 3.05) is 13.6 Å². The van der Waals surface area contributed by atoms with Gasteiger partial charge in [-0.05, 0) is 37.7 Å². The summed E-state index contributed by atoms with van der Waals surface area (Å²) in [7, 11) is 1.98. The second kappa shape index (κ2) is 7.20. The fraction of sp³-hybridized carbons (Fsp3) is 0.250. The summed E-state index contributed by atoms with van der Waals surface area (Å²) in [5.41, 5.74) is 2.28. The van der Waals surface area contributed by atoms with Crippen molar-refractivity contribution < 1.29 is 0 Å². The monoisotopic (exact) mass is 363 g/mol. The van der Waals surface area contributed by atoms with Gasteiger partial charge in [0.15, 0.2) is 0 Å². The van der Waals surface area contributed by atoms with E-state index in [1.54, 1.807) is 10.6 Å². The zero-order chi connectivity index (χ0) is 18.8. The molecule has 138 valence electrons. The minimum atomic E-state index is -0.116. The molecular weight excluding hydrogens is 342 g/mol. The number of hydrogen-bond acceptors (Lipinski definition) is 4. The minimum absolute atomic E-state index is 0.0839. The van der Waals surface area contributed by atoms with Crippen LogP contribution in [0.5, 0.6) is 0 Å². The lowest BCUT2D eigenvalue weighted by atomic mass is 10.2. The van der Waals surface area contributed by atoms with Gasteiger partial charge in [0.25, 0.3) is 5.56 Å². The molecule has 7 nitrogen and oxygen atoms in total. The Morgan fingerprint density at radius 3 is 2.70 bits per heavy atom. The standard InChI is InChI=1S/C20H21N5O2/c1-24(13-18-21-15-8-3-2-7-14(15)19(26)23-18)11-6-12-25-17-10-5-4-9-16(17)22-20(25)27/h2-5,7-10H,6,11-13H2,1H3,(H,22,27)(H,21,23,26). The zero-order valence-corrected chi connectivity index (χ0v) is 15.1.